The van der Waals surface area contributed by atoms with Crippen molar-refractivity contribution in [2.75, 3.05) is 16.0 Å². The molecule has 1 aliphatic rings. The van der Waals surface area contributed by atoms with Crippen LogP contribution in [-0.4, -0.2) is 20.8 Å². The molecule has 1 aliphatic heterocycles. The maximum absolute atomic E-state index is 14.6. The number of pyridine rings is 1. The molecule has 43 heavy (non-hydrogen) atoms. The van der Waals surface area contributed by atoms with E-state index in [1.807, 2.05) is 20.8 Å². The smallest absolute Gasteiger partial charge is 0.418 e. The Hall–Kier alpha value is -4.94. The number of ether oxygens (including phenoxy) is 1. The second-order valence-corrected chi connectivity index (χ2v) is 10.9. The van der Waals surface area contributed by atoms with Crippen molar-refractivity contribution in [1.29, 1.82) is 0 Å². The number of carbonyl (C=O) groups is 1. The number of alkyl halides is 3. The summed E-state index contributed by atoms with van der Waals surface area (Å²) in [5, 5.41) is 12.0. The first-order chi connectivity index (χ1) is 20.2. The molecule has 0 unspecified atom stereocenters. The lowest BCUT2D eigenvalue weighted by Gasteiger charge is -2.22. The predicted octanol–water partition coefficient (Wildman–Crippen LogP) is 8.17. The Bertz CT molecular complexity index is 1730. The van der Waals surface area contributed by atoms with E-state index in [0.717, 1.165) is 34.6 Å². The number of nitrogens with zero attached hydrogens (tertiary/aromatic N) is 3. The molecule has 2 aromatic carbocycles. The van der Waals surface area contributed by atoms with Gasteiger partial charge in [0.05, 0.1) is 16.9 Å². The van der Waals surface area contributed by atoms with Gasteiger partial charge in [-0.15, -0.1) is 0 Å². The predicted molar refractivity (Wildman–Crippen MR) is 152 cm³/mol. The number of anilines is 3. The highest BCUT2D eigenvalue weighted by Gasteiger charge is 2.35. The molecule has 8 nitrogen and oxygen atoms in total. The Kier molecular flexibility index (Phi) is 7.59. The van der Waals surface area contributed by atoms with Crippen molar-refractivity contribution in [3.8, 4) is 17.2 Å². The van der Waals surface area contributed by atoms with E-state index in [9.17, 15) is 26.7 Å². The number of rotatable bonds is 5. The standard InChI is InChI=1S/C30H27F5N6O2/c1-16-5-8-19-24(11-12-36-27(19)37-16)43-18-7-9-22(20(14-18)30(33,34)35)38-28(42)39-26-15-25(29(2,3)4)40-41(26)23-10-6-17(31)13-21(23)32/h6-7,9-15H,1,5,8H2,2-4H3,(H,36,37)(H2,38,39,42). The summed E-state index contributed by atoms with van der Waals surface area (Å²) in [6.45, 7) is 9.37. The van der Waals surface area contributed by atoms with Gasteiger partial charge in [0, 0.05) is 35.0 Å². The van der Waals surface area contributed by atoms with Gasteiger partial charge in [0.15, 0.2) is 5.82 Å². The normalized spacial score (nSPS) is 13.3. The van der Waals surface area contributed by atoms with Crippen LogP contribution in [0.15, 0.2) is 67.0 Å². The van der Waals surface area contributed by atoms with Crippen molar-refractivity contribution < 1.29 is 31.5 Å². The van der Waals surface area contributed by atoms with E-state index >= 15 is 0 Å². The fourth-order valence-corrected chi connectivity index (χ4v) is 4.43. The zero-order valence-corrected chi connectivity index (χ0v) is 23.4. The van der Waals surface area contributed by atoms with Crippen molar-refractivity contribution >= 4 is 23.4 Å². The van der Waals surface area contributed by atoms with Crippen molar-refractivity contribution in [1.82, 2.24) is 14.8 Å². The van der Waals surface area contributed by atoms with Crippen LogP contribution in [0.25, 0.3) is 5.69 Å². The number of fused-ring (bicyclic) bond motifs is 1. The lowest BCUT2D eigenvalue weighted by atomic mass is 9.92. The van der Waals surface area contributed by atoms with Crippen LogP contribution < -0.4 is 20.7 Å². The summed E-state index contributed by atoms with van der Waals surface area (Å²) in [5.74, 6) is -1.04. The summed E-state index contributed by atoms with van der Waals surface area (Å²) in [5.41, 5.74) is -0.472. The van der Waals surface area contributed by atoms with Gasteiger partial charge in [0.25, 0.3) is 0 Å². The summed E-state index contributed by atoms with van der Waals surface area (Å²) in [4.78, 5) is 17.2. The highest BCUT2D eigenvalue weighted by molar-refractivity contribution is 6.00. The number of halogens is 5. The molecule has 3 heterocycles. The molecule has 0 bridgehead atoms. The van der Waals surface area contributed by atoms with Crippen molar-refractivity contribution in [2.45, 2.75) is 45.2 Å². The fraction of sp³-hybridized carbons (Fsp3) is 0.233. The summed E-state index contributed by atoms with van der Waals surface area (Å²) in [6.07, 6.45) is -2.22. The van der Waals surface area contributed by atoms with Crippen LogP contribution in [0.4, 0.5) is 44.1 Å². The highest BCUT2D eigenvalue weighted by atomic mass is 19.4. The number of hydrogen-bond acceptors (Lipinski definition) is 5. The van der Waals surface area contributed by atoms with Gasteiger partial charge in [-0.1, -0.05) is 27.4 Å². The van der Waals surface area contributed by atoms with Crippen LogP contribution >= 0.6 is 0 Å². The maximum Gasteiger partial charge on any atom is 0.418 e. The molecule has 13 heteroatoms. The third-order valence-corrected chi connectivity index (χ3v) is 6.61. The summed E-state index contributed by atoms with van der Waals surface area (Å²) in [7, 11) is 0. The molecule has 5 rings (SSSR count). The van der Waals surface area contributed by atoms with Gasteiger partial charge in [-0.2, -0.15) is 18.3 Å². The minimum Gasteiger partial charge on any atom is -0.457 e. The van der Waals surface area contributed by atoms with E-state index < -0.39 is 40.5 Å². The third-order valence-electron chi connectivity index (χ3n) is 6.61. The largest absolute Gasteiger partial charge is 0.457 e. The number of carbonyl (C=O) groups excluding carboxylic acids is 1. The topological polar surface area (TPSA) is 93.1 Å². The minimum atomic E-state index is -4.85. The van der Waals surface area contributed by atoms with Crippen LogP contribution in [0, 0.1) is 11.6 Å². The first-order valence-corrected chi connectivity index (χ1v) is 13.1. The van der Waals surface area contributed by atoms with Gasteiger partial charge < -0.3 is 15.4 Å². The lowest BCUT2D eigenvalue weighted by Crippen LogP contribution is -2.23. The zero-order valence-electron chi connectivity index (χ0n) is 23.4. The summed E-state index contributed by atoms with van der Waals surface area (Å²) >= 11 is 0. The Balaban J connectivity index is 1.42. The van der Waals surface area contributed by atoms with E-state index in [1.165, 1.54) is 18.3 Å². The highest BCUT2D eigenvalue weighted by Crippen LogP contribution is 2.40. The fourth-order valence-electron chi connectivity index (χ4n) is 4.43. The van der Waals surface area contributed by atoms with Gasteiger partial charge in [0.2, 0.25) is 0 Å². The molecule has 0 fully saturated rings. The van der Waals surface area contributed by atoms with Crippen LogP contribution in [0.3, 0.4) is 0 Å². The molecule has 0 aliphatic carbocycles. The van der Waals surface area contributed by atoms with Gasteiger partial charge in [-0.3, -0.25) is 5.32 Å². The van der Waals surface area contributed by atoms with Crippen molar-refractivity contribution in [3.63, 3.8) is 0 Å². The Labute approximate surface area is 243 Å². The molecule has 2 amide bonds. The second-order valence-electron chi connectivity index (χ2n) is 10.9. The van der Waals surface area contributed by atoms with Gasteiger partial charge in [-0.05, 0) is 49.2 Å². The molecular weight excluding hydrogens is 571 g/mol. The van der Waals surface area contributed by atoms with E-state index in [0.29, 0.717) is 41.7 Å². The molecule has 0 saturated heterocycles. The number of nitrogens with one attached hydrogen (secondary N) is 3. The average Bonchev–Trinajstić information content (AvgIpc) is 3.33. The molecule has 0 saturated carbocycles. The Morgan fingerprint density at radius 2 is 1.79 bits per heavy atom. The lowest BCUT2D eigenvalue weighted by molar-refractivity contribution is -0.137. The van der Waals surface area contributed by atoms with Gasteiger partial charge in [-0.25, -0.2) is 23.2 Å². The SMILES string of the molecule is C=C1CCc2c(Oc3ccc(NC(=O)Nc4cc(C(C)(C)C)nn4-c4ccc(F)cc4F)c(C(F)(F)F)c3)ccnc2N1. The van der Waals surface area contributed by atoms with E-state index in [1.54, 1.807) is 6.07 Å². The number of amides is 2. The van der Waals surface area contributed by atoms with E-state index in [4.69, 9.17) is 4.74 Å². The monoisotopic (exact) mass is 598 g/mol. The number of aromatic nitrogens is 3. The summed E-state index contributed by atoms with van der Waals surface area (Å²) < 4.78 is 77.3. The number of benzene rings is 2. The molecule has 2 aromatic heterocycles. The molecular formula is C30H27F5N6O2. The first-order valence-electron chi connectivity index (χ1n) is 13.1. The number of allylic oxidation sites excluding steroid dienone is 1. The average molecular weight is 599 g/mol. The molecule has 0 spiro atoms. The molecule has 3 N–H and O–H groups in total. The quantitative estimate of drug-likeness (QED) is 0.202. The third kappa shape index (κ3) is 6.45. The molecule has 4 aromatic rings. The Morgan fingerprint density at radius 3 is 2.49 bits per heavy atom. The van der Waals surface area contributed by atoms with Crippen LogP contribution in [-0.2, 0) is 18.0 Å². The van der Waals surface area contributed by atoms with Crippen molar-refractivity contribution in [3.05, 3.63) is 95.5 Å². The van der Waals surface area contributed by atoms with E-state index in [2.05, 4.69) is 32.6 Å². The molecule has 224 valence electrons. The van der Waals surface area contributed by atoms with Gasteiger partial charge in [0.1, 0.15) is 34.6 Å². The molecule has 0 atom stereocenters. The second kappa shape index (κ2) is 11.0. The van der Waals surface area contributed by atoms with Crippen LogP contribution in [0.5, 0.6) is 11.5 Å². The number of urea groups is 1. The zero-order chi connectivity index (χ0) is 31.1. The van der Waals surface area contributed by atoms with Crippen molar-refractivity contribution in [2.24, 2.45) is 0 Å². The Morgan fingerprint density at radius 1 is 1.02 bits per heavy atom. The first kappa shape index (κ1) is 29.5. The van der Waals surface area contributed by atoms with Crippen LogP contribution in [0.2, 0.25) is 0 Å². The van der Waals surface area contributed by atoms with E-state index in [-0.39, 0.29) is 17.3 Å². The molecule has 0 radical (unpaired) electrons. The number of hydrogen-bond donors (Lipinski definition) is 3. The minimum absolute atomic E-state index is 0.0415. The maximum atomic E-state index is 14.6. The van der Waals surface area contributed by atoms with Gasteiger partial charge >= 0.3 is 12.2 Å². The van der Waals surface area contributed by atoms with Crippen LogP contribution in [0.1, 0.15) is 44.0 Å². The summed E-state index contributed by atoms with van der Waals surface area (Å²) in [6, 6.07) is 7.95.